The van der Waals surface area contributed by atoms with E-state index in [1.165, 1.54) is 12.8 Å². The summed E-state index contributed by atoms with van der Waals surface area (Å²) in [6.45, 7) is 7.33. The third kappa shape index (κ3) is 2.89. The van der Waals surface area contributed by atoms with Crippen molar-refractivity contribution in [3.05, 3.63) is 0 Å². The first-order valence-corrected chi connectivity index (χ1v) is 6.45. The Hall–Kier alpha value is -0.730. The lowest BCUT2D eigenvalue weighted by atomic mass is 9.69. The van der Waals surface area contributed by atoms with Gasteiger partial charge in [0.2, 0.25) is 0 Å². The number of nitrogens with one attached hydrogen (secondary N) is 1. The number of carbonyl (C=O) groups excluding carboxylic acids is 1. The Morgan fingerprint density at radius 3 is 2.56 bits per heavy atom. The Kier molecular flexibility index (Phi) is 3.13. The highest BCUT2D eigenvalue weighted by Gasteiger charge is 2.42. The van der Waals surface area contributed by atoms with Crippen LogP contribution in [0.4, 0.5) is 4.79 Å². The van der Waals surface area contributed by atoms with Gasteiger partial charge < -0.3 is 10.1 Å². The summed E-state index contributed by atoms with van der Waals surface area (Å²) in [5, 5.41) is 2.88. The van der Waals surface area contributed by atoms with E-state index in [-0.39, 0.29) is 11.7 Å². The molecule has 1 N–H and O–H groups in total. The zero-order valence-corrected chi connectivity index (χ0v) is 10.6. The Balaban J connectivity index is 1.57. The molecule has 2 fully saturated rings. The average Bonchev–Trinajstić information content (AvgIpc) is 2.79. The van der Waals surface area contributed by atoms with Gasteiger partial charge in [-0.3, -0.25) is 0 Å². The fourth-order valence-corrected chi connectivity index (χ4v) is 2.26. The van der Waals surface area contributed by atoms with E-state index in [0.717, 1.165) is 31.2 Å². The molecule has 0 unspecified atom stereocenters. The molecule has 0 radical (unpaired) electrons. The zero-order chi connectivity index (χ0) is 11.8. The van der Waals surface area contributed by atoms with Crippen LogP contribution in [-0.4, -0.2) is 18.2 Å². The second-order valence-corrected chi connectivity index (χ2v) is 6.06. The van der Waals surface area contributed by atoms with Crippen molar-refractivity contribution in [1.29, 1.82) is 0 Å². The van der Waals surface area contributed by atoms with Gasteiger partial charge in [0.05, 0.1) is 0 Å². The van der Waals surface area contributed by atoms with Crippen LogP contribution < -0.4 is 5.32 Å². The summed E-state index contributed by atoms with van der Waals surface area (Å²) in [7, 11) is 0. The maximum atomic E-state index is 11.4. The summed E-state index contributed by atoms with van der Waals surface area (Å²) >= 11 is 0. The summed E-state index contributed by atoms with van der Waals surface area (Å²) in [6, 6.07) is 0. The van der Waals surface area contributed by atoms with Crippen LogP contribution in [0.2, 0.25) is 0 Å². The van der Waals surface area contributed by atoms with Gasteiger partial charge in [-0.15, -0.1) is 0 Å². The van der Waals surface area contributed by atoms with Crippen molar-refractivity contribution in [3.63, 3.8) is 0 Å². The second-order valence-electron chi connectivity index (χ2n) is 6.06. The van der Waals surface area contributed by atoms with Gasteiger partial charge in [0, 0.05) is 6.54 Å². The highest BCUT2D eigenvalue weighted by atomic mass is 16.6. The molecule has 2 rings (SSSR count). The summed E-state index contributed by atoms with van der Waals surface area (Å²) in [5.74, 6) is 2.32. The molecule has 0 aromatic rings. The van der Waals surface area contributed by atoms with Crippen molar-refractivity contribution < 1.29 is 9.53 Å². The molecule has 2 aliphatic rings. The van der Waals surface area contributed by atoms with Crippen molar-refractivity contribution in [2.45, 2.75) is 52.1 Å². The number of rotatable bonds is 4. The van der Waals surface area contributed by atoms with E-state index < -0.39 is 0 Å². The Morgan fingerprint density at radius 2 is 2.06 bits per heavy atom. The lowest BCUT2D eigenvalue weighted by Gasteiger charge is -2.38. The minimum absolute atomic E-state index is 0.149. The Morgan fingerprint density at radius 1 is 1.44 bits per heavy atom. The number of carbonyl (C=O) groups is 1. The van der Waals surface area contributed by atoms with Crippen molar-refractivity contribution in [1.82, 2.24) is 5.32 Å². The molecule has 16 heavy (non-hydrogen) atoms. The van der Waals surface area contributed by atoms with E-state index in [1.807, 2.05) is 6.92 Å². The molecule has 1 amide bonds. The molecular weight excluding hydrogens is 202 g/mol. The zero-order valence-electron chi connectivity index (χ0n) is 10.6. The molecule has 0 aliphatic heterocycles. The molecule has 3 nitrogen and oxygen atoms in total. The quantitative estimate of drug-likeness (QED) is 0.799. The molecule has 0 atom stereocenters. The molecule has 92 valence electrons. The van der Waals surface area contributed by atoms with Crippen LogP contribution >= 0.6 is 0 Å². The summed E-state index contributed by atoms with van der Waals surface area (Å²) in [6.07, 6.45) is 4.32. The van der Waals surface area contributed by atoms with E-state index in [1.54, 1.807) is 0 Å². The highest BCUT2D eigenvalue weighted by Crippen LogP contribution is 2.39. The van der Waals surface area contributed by atoms with Crippen molar-refractivity contribution in [2.24, 2.45) is 17.8 Å². The van der Waals surface area contributed by atoms with Crippen LogP contribution in [0.5, 0.6) is 0 Å². The SMILES string of the molecule is CC(C)[C@H]1C[C@@H](CNC(=O)OC2(C)CC2)C1. The van der Waals surface area contributed by atoms with E-state index in [2.05, 4.69) is 19.2 Å². The van der Waals surface area contributed by atoms with Crippen molar-refractivity contribution >= 4 is 6.09 Å². The monoisotopic (exact) mass is 225 g/mol. The van der Waals surface area contributed by atoms with Crippen LogP contribution in [0, 0.1) is 17.8 Å². The first-order chi connectivity index (χ1) is 7.48. The predicted molar refractivity (Wildman–Crippen MR) is 63.2 cm³/mol. The van der Waals surface area contributed by atoms with Gasteiger partial charge in [-0.25, -0.2) is 4.79 Å². The fraction of sp³-hybridized carbons (Fsp3) is 0.923. The van der Waals surface area contributed by atoms with Crippen LogP contribution in [0.1, 0.15) is 46.5 Å². The van der Waals surface area contributed by atoms with Gasteiger partial charge >= 0.3 is 6.09 Å². The standard InChI is InChI=1S/C13H23NO2/c1-9(2)11-6-10(7-11)8-14-12(15)16-13(3)4-5-13/h9-11H,4-8H2,1-3H3,(H,14,15)/t10-,11+. The lowest BCUT2D eigenvalue weighted by Crippen LogP contribution is -2.38. The number of amides is 1. The fourth-order valence-electron chi connectivity index (χ4n) is 2.26. The predicted octanol–water partition coefficient (Wildman–Crippen LogP) is 2.95. The molecule has 0 aromatic carbocycles. The maximum Gasteiger partial charge on any atom is 0.407 e. The second kappa shape index (κ2) is 4.27. The largest absolute Gasteiger partial charge is 0.443 e. The van der Waals surface area contributed by atoms with Crippen LogP contribution in [0.25, 0.3) is 0 Å². The van der Waals surface area contributed by atoms with Gasteiger partial charge in [0.25, 0.3) is 0 Å². The van der Waals surface area contributed by atoms with Crippen molar-refractivity contribution in [2.75, 3.05) is 6.54 Å². The first-order valence-electron chi connectivity index (χ1n) is 6.45. The van der Waals surface area contributed by atoms with E-state index in [9.17, 15) is 4.79 Å². The summed E-state index contributed by atoms with van der Waals surface area (Å²) < 4.78 is 5.29. The molecule has 2 aliphatic carbocycles. The van der Waals surface area contributed by atoms with Crippen molar-refractivity contribution in [3.8, 4) is 0 Å². The third-order valence-electron chi connectivity index (χ3n) is 4.04. The maximum absolute atomic E-state index is 11.4. The van der Waals surface area contributed by atoms with E-state index in [0.29, 0.717) is 5.92 Å². The van der Waals surface area contributed by atoms with Crippen LogP contribution in [0.15, 0.2) is 0 Å². The molecule has 0 heterocycles. The third-order valence-corrected chi connectivity index (χ3v) is 4.04. The van der Waals surface area contributed by atoms with E-state index in [4.69, 9.17) is 4.74 Å². The van der Waals surface area contributed by atoms with E-state index >= 15 is 0 Å². The molecule has 2 saturated carbocycles. The van der Waals surface area contributed by atoms with Gasteiger partial charge in [0.1, 0.15) is 5.60 Å². The first kappa shape index (κ1) is 11.7. The summed E-state index contributed by atoms with van der Waals surface area (Å²) in [4.78, 5) is 11.4. The number of ether oxygens (including phenoxy) is 1. The number of hydrogen-bond acceptors (Lipinski definition) is 2. The normalized spacial score (nSPS) is 30.8. The smallest absolute Gasteiger partial charge is 0.407 e. The highest BCUT2D eigenvalue weighted by molar-refractivity contribution is 5.68. The molecule has 0 aromatic heterocycles. The van der Waals surface area contributed by atoms with Gasteiger partial charge in [0.15, 0.2) is 0 Å². The van der Waals surface area contributed by atoms with Gasteiger partial charge in [-0.05, 0) is 50.4 Å². The molecule has 0 saturated heterocycles. The lowest BCUT2D eigenvalue weighted by molar-refractivity contribution is 0.0851. The topological polar surface area (TPSA) is 38.3 Å². The van der Waals surface area contributed by atoms with Gasteiger partial charge in [-0.1, -0.05) is 13.8 Å². The Labute approximate surface area is 97.9 Å². The van der Waals surface area contributed by atoms with Crippen LogP contribution in [0.3, 0.4) is 0 Å². The number of alkyl carbamates (subject to hydrolysis) is 1. The Bertz CT molecular complexity index is 265. The summed E-state index contributed by atoms with van der Waals surface area (Å²) in [5.41, 5.74) is -0.149. The molecular formula is C13H23NO2. The van der Waals surface area contributed by atoms with Crippen LogP contribution in [-0.2, 0) is 4.74 Å². The average molecular weight is 225 g/mol. The molecule has 0 bridgehead atoms. The molecule has 0 spiro atoms. The molecule has 3 heteroatoms. The minimum atomic E-state index is -0.229. The number of hydrogen-bond donors (Lipinski definition) is 1. The minimum Gasteiger partial charge on any atom is -0.443 e. The van der Waals surface area contributed by atoms with Gasteiger partial charge in [-0.2, -0.15) is 0 Å².